The van der Waals surface area contributed by atoms with Crippen LogP contribution in [0.15, 0.2) is 36.4 Å². The molecule has 173 valence electrons. The van der Waals surface area contributed by atoms with E-state index in [2.05, 4.69) is 13.3 Å². The molecular formula is C26H31F2O4. The average molecular weight is 446 g/mol. The number of halogens is 2. The van der Waals surface area contributed by atoms with Crippen molar-refractivity contribution < 1.29 is 27.8 Å². The normalized spacial score (nSPS) is 14.2. The van der Waals surface area contributed by atoms with Crippen molar-refractivity contribution >= 4 is 5.97 Å². The number of hydrogen-bond donors (Lipinski definition) is 0. The molecule has 1 aliphatic carbocycles. The quantitative estimate of drug-likeness (QED) is 0.214. The molecule has 2 aromatic rings. The average Bonchev–Trinajstić information content (AvgIpc) is 2.81. The molecule has 1 saturated carbocycles. The lowest BCUT2D eigenvalue weighted by Crippen LogP contribution is -2.15. The lowest BCUT2D eigenvalue weighted by molar-refractivity contribution is 0.0728. The van der Waals surface area contributed by atoms with Crippen LogP contribution in [0, 0.1) is 24.0 Å². The molecule has 1 fully saturated rings. The second kappa shape index (κ2) is 12.4. The zero-order valence-electron chi connectivity index (χ0n) is 18.6. The Kier molecular flexibility index (Phi) is 9.32. The van der Waals surface area contributed by atoms with Gasteiger partial charge in [-0.3, -0.25) is 0 Å². The minimum Gasteiger partial charge on any atom is -0.493 e. The second-order valence-corrected chi connectivity index (χ2v) is 8.13. The summed E-state index contributed by atoms with van der Waals surface area (Å²) in [6.07, 6.45) is 10.7. The molecule has 0 aromatic heterocycles. The minimum atomic E-state index is -1.27. The molecule has 0 amide bonds. The summed E-state index contributed by atoms with van der Waals surface area (Å²) in [6.45, 7) is 3.05. The summed E-state index contributed by atoms with van der Waals surface area (Å²) < 4.78 is 45.0. The molecule has 0 unspecified atom stereocenters. The molecule has 0 atom stereocenters. The number of esters is 1. The SMILES string of the molecule is CCCCCCOc1ccc(C(=O)Oc2ccc(OCC3CC[CH]CC3)cc2)c(F)c1F. The lowest BCUT2D eigenvalue weighted by atomic mass is 9.90. The number of rotatable bonds is 11. The van der Waals surface area contributed by atoms with E-state index in [-0.39, 0.29) is 11.5 Å². The topological polar surface area (TPSA) is 44.8 Å². The van der Waals surface area contributed by atoms with E-state index in [1.807, 2.05) is 0 Å². The first-order valence-corrected chi connectivity index (χ1v) is 11.5. The monoisotopic (exact) mass is 445 g/mol. The molecule has 0 spiro atoms. The molecule has 1 aliphatic rings. The zero-order valence-corrected chi connectivity index (χ0v) is 18.6. The lowest BCUT2D eigenvalue weighted by Gasteiger charge is -2.21. The Bertz CT molecular complexity index is 861. The first-order chi connectivity index (χ1) is 15.6. The van der Waals surface area contributed by atoms with E-state index in [9.17, 15) is 13.6 Å². The fraction of sp³-hybridized carbons (Fsp3) is 0.462. The van der Waals surface area contributed by atoms with E-state index in [0.29, 0.717) is 24.9 Å². The number of hydrogen-bond acceptors (Lipinski definition) is 4. The van der Waals surface area contributed by atoms with Crippen LogP contribution in [0.5, 0.6) is 17.2 Å². The van der Waals surface area contributed by atoms with E-state index in [1.54, 1.807) is 24.3 Å². The Labute approximate surface area is 188 Å². The highest BCUT2D eigenvalue weighted by molar-refractivity contribution is 5.91. The highest BCUT2D eigenvalue weighted by Gasteiger charge is 2.21. The summed E-state index contributed by atoms with van der Waals surface area (Å²) in [5, 5.41) is 0. The van der Waals surface area contributed by atoms with E-state index >= 15 is 0 Å². The largest absolute Gasteiger partial charge is 0.493 e. The predicted molar refractivity (Wildman–Crippen MR) is 119 cm³/mol. The first kappa shape index (κ1) is 24.0. The molecule has 32 heavy (non-hydrogen) atoms. The molecule has 0 N–H and O–H groups in total. The standard InChI is InChI=1S/C26H31F2O4/c1-2-3-4-8-17-30-23-16-15-22(24(27)25(23)28)26(29)32-21-13-11-20(12-14-21)31-18-19-9-6-5-7-10-19/h5,11-16,19H,2-4,6-10,17-18H2,1H3. The fourth-order valence-electron chi connectivity index (χ4n) is 3.65. The van der Waals surface area contributed by atoms with Crippen LogP contribution in [0.4, 0.5) is 8.78 Å². The van der Waals surface area contributed by atoms with E-state index in [4.69, 9.17) is 14.2 Å². The maximum atomic E-state index is 14.4. The second-order valence-electron chi connectivity index (χ2n) is 8.13. The van der Waals surface area contributed by atoms with Crippen molar-refractivity contribution in [3.8, 4) is 17.2 Å². The van der Waals surface area contributed by atoms with Crippen molar-refractivity contribution in [3.63, 3.8) is 0 Å². The number of carbonyl (C=O) groups excluding carboxylic acids is 1. The summed E-state index contributed by atoms with van der Waals surface area (Å²) in [6, 6.07) is 8.98. The maximum absolute atomic E-state index is 14.4. The van der Waals surface area contributed by atoms with Crippen LogP contribution in [-0.4, -0.2) is 19.2 Å². The number of unbranched alkanes of at least 4 members (excludes halogenated alkanes) is 3. The van der Waals surface area contributed by atoms with Gasteiger partial charge in [0.2, 0.25) is 5.82 Å². The molecule has 0 saturated heterocycles. The Morgan fingerprint density at radius 2 is 1.62 bits per heavy atom. The molecule has 3 rings (SSSR count). The minimum absolute atomic E-state index is 0.201. The molecule has 0 bridgehead atoms. The number of ether oxygens (including phenoxy) is 3. The van der Waals surface area contributed by atoms with Crippen LogP contribution in [0.25, 0.3) is 0 Å². The smallest absolute Gasteiger partial charge is 0.346 e. The van der Waals surface area contributed by atoms with E-state index < -0.39 is 23.2 Å². The van der Waals surface area contributed by atoms with Gasteiger partial charge in [0.25, 0.3) is 0 Å². The van der Waals surface area contributed by atoms with Gasteiger partial charge in [-0.25, -0.2) is 9.18 Å². The molecule has 0 heterocycles. The van der Waals surface area contributed by atoms with Crippen LogP contribution in [0.1, 0.15) is 68.6 Å². The predicted octanol–water partition coefficient (Wildman–Crippen LogP) is 6.92. The van der Waals surface area contributed by atoms with Crippen molar-refractivity contribution in [1.29, 1.82) is 0 Å². The fourth-order valence-corrected chi connectivity index (χ4v) is 3.65. The van der Waals surface area contributed by atoms with Gasteiger partial charge >= 0.3 is 5.97 Å². The maximum Gasteiger partial charge on any atom is 0.346 e. The Morgan fingerprint density at radius 1 is 0.906 bits per heavy atom. The molecule has 1 radical (unpaired) electrons. The van der Waals surface area contributed by atoms with Crippen molar-refractivity contribution in [2.45, 2.75) is 58.3 Å². The van der Waals surface area contributed by atoms with Gasteiger partial charge in [-0.2, -0.15) is 4.39 Å². The highest BCUT2D eigenvalue weighted by Crippen LogP contribution is 2.27. The number of carbonyl (C=O) groups is 1. The first-order valence-electron chi connectivity index (χ1n) is 11.5. The van der Waals surface area contributed by atoms with Crippen LogP contribution in [0.2, 0.25) is 0 Å². The van der Waals surface area contributed by atoms with Gasteiger partial charge in [0.15, 0.2) is 11.6 Å². The van der Waals surface area contributed by atoms with Crippen LogP contribution in [0.3, 0.4) is 0 Å². The summed E-state index contributed by atoms with van der Waals surface area (Å²) in [4.78, 5) is 12.3. The van der Waals surface area contributed by atoms with Gasteiger partial charge in [0.05, 0.1) is 18.8 Å². The van der Waals surface area contributed by atoms with Gasteiger partial charge < -0.3 is 14.2 Å². The van der Waals surface area contributed by atoms with Crippen molar-refractivity contribution in [2.75, 3.05) is 13.2 Å². The van der Waals surface area contributed by atoms with Gasteiger partial charge in [0, 0.05) is 0 Å². The summed E-state index contributed by atoms with van der Waals surface area (Å²) in [5.74, 6) is -2.16. The van der Waals surface area contributed by atoms with Crippen LogP contribution in [-0.2, 0) is 0 Å². The Morgan fingerprint density at radius 3 is 2.34 bits per heavy atom. The van der Waals surface area contributed by atoms with Gasteiger partial charge in [0.1, 0.15) is 11.5 Å². The van der Waals surface area contributed by atoms with E-state index in [0.717, 1.165) is 51.4 Å². The molecule has 2 aromatic carbocycles. The Hall–Kier alpha value is -2.63. The summed E-state index contributed by atoms with van der Waals surface area (Å²) in [5.41, 5.74) is -0.477. The third kappa shape index (κ3) is 6.94. The van der Waals surface area contributed by atoms with E-state index in [1.165, 1.54) is 12.1 Å². The van der Waals surface area contributed by atoms with Crippen molar-refractivity contribution in [1.82, 2.24) is 0 Å². The third-order valence-corrected chi connectivity index (χ3v) is 5.60. The van der Waals surface area contributed by atoms with Gasteiger partial charge in [-0.1, -0.05) is 26.2 Å². The molecule has 6 heteroatoms. The van der Waals surface area contributed by atoms with Gasteiger partial charge in [-0.15, -0.1) is 0 Å². The molecule has 0 aliphatic heterocycles. The molecule has 4 nitrogen and oxygen atoms in total. The van der Waals surface area contributed by atoms with Crippen molar-refractivity contribution in [3.05, 3.63) is 60.0 Å². The summed E-state index contributed by atoms with van der Waals surface area (Å²) >= 11 is 0. The van der Waals surface area contributed by atoms with Crippen LogP contribution >= 0.6 is 0 Å². The summed E-state index contributed by atoms with van der Waals surface area (Å²) in [7, 11) is 0. The zero-order chi connectivity index (χ0) is 22.8. The number of benzene rings is 2. The highest BCUT2D eigenvalue weighted by atomic mass is 19.2. The Balaban J connectivity index is 1.52. The van der Waals surface area contributed by atoms with Crippen molar-refractivity contribution in [2.24, 2.45) is 5.92 Å². The third-order valence-electron chi connectivity index (χ3n) is 5.60. The molecular weight excluding hydrogens is 414 g/mol. The van der Waals surface area contributed by atoms with Gasteiger partial charge in [-0.05, 0) is 80.8 Å². The van der Waals surface area contributed by atoms with Crippen LogP contribution < -0.4 is 14.2 Å².